The molecule has 0 aromatic heterocycles. The molecule has 0 radical (unpaired) electrons. The number of rotatable bonds is 2. The van der Waals surface area contributed by atoms with Gasteiger partial charge in [0.1, 0.15) is 0 Å². The molecular formula is C15H21N3. The predicted molar refractivity (Wildman–Crippen MR) is 75.2 cm³/mol. The second-order valence-electron chi connectivity index (χ2n) is 6.02. The Bertz CT molecular complexity index is 471. The topological polar surface area (TPSA) is 61.8 Å². The number of benzene rings is 1. The van der Waals surface area contributed by atoms with E-state index in [4.69, 9.17) is 11.0 Å². The summed E-state index contributed by atoms with van der Waals surface area (Å²) in [6.45, 7) is 4.63. The van der Waals surface area contributed by atoms with Gasteiger partial charge in [-0.3, -0.25) is 0 Å². The molecule has 1 fully saturated rings. The molecule has 1 aliphatic carbocycles. The number of anilines is 2. The van der Waals surface area contributed by atoms with Crippen LogP contribution in [0.4, 0.5) is 11.4 Å². The van der Waals surface area contributed by atoms with Crippen molar-refractivity contribution in [1.82, 2.24) is 0 Å². The van der Waals surface area contributed by atoms with Crippen LogP contribution in [0.5, 0.6) is 0 Å². The third-order valence-electron chi connectivity index (χ3n) is 3.75. The highest BCUT2D eigenvalue weighted by atomic mass is 14.9. The number of nitrogens with two attached hydrogens (primary N) is 1. The van der Waals surface area contributed by atoms with Crippen LogP contribution in [0.1, 0.15) is 45.1 Å². The second kappa shape index (κ2) is 4.89. The summed E-state index contributed by atoms with van der Waals surface area (Å²) in [5.74, 6) is 0. The minimum absolute atomic E-state index is 0.400. The molecule has 0 aliphatic heterocycles. The quantitative estimate of drug-likeness (QED) is 0.781. The van der Waals surface area contributed by atoms with Crippen molar-refractivity contribution < 1.29 is 0 Å². The highest BCUT2D eigenvalue weighted by Crippen LogP contribution is 2.37. The molecule has 1 aromatic rings. The Hall–Kier alpha value is -1.69. The van der Waals surface area contributed by atoms with E-state index in [-0.39, 0.29) is 0 Å². The summed E-state index contributed by atoms with van der Waals surface area (Å²) in [7, 11) is 0. The molecule has 0 heterocycles. The van der Waals surface area contributed by atoms with Crippen molar-refractivity contribution in [3.8, 4) is 6.07 Å². The molecule has 1 unspecified atom stereocenters. The van der Waals surface area contributed by atoms with E-state index in [1.165, 1.54) is 19.3 Å². The fourth-order valence-corrected chi connectivity index (χ4v) is 2.79. The van der Waals surface area contributed by atoms with Crippen LogP contribution in [-0.2, 0) is 0 Å². The average Bonchev–Trinajstić information content (AvgIpc) is 2.31. The van der Waals surface area contributed by atoms with E-state index in [0.29, 0.717) is 17.0 Å². The van der Waals surface area contributed by atoms with E-state index in [2.05, 4.69) is 25.2 Å². The maximum atomic E-state index is 8.92. The van der Waals surface area contributed by atoms with Gasteiger partial charge in [-0.15, -0.1) is 0 Å². The van der Waals surface area contributed by atoms with Gasteiger partial charge in [-0.2, -0.15) is 5.26 Å². The van der Waals surface area contributed by atoms with Gasteiger partial charge in [-0.25, -0.2) is 0 Å². The molecule has 3 nitrogen and oxygen atoms in total. The van der Waals surface area contributed by atoms with Crippen LogP contribution < -0.4 is 11.1 Å². The number of nitrogens with zero attached hydrogens (tertiary/aromatic N) is 1. The molecule has 2 rings (SSSR count). The number of hydrogen-bond acceptors (Lipinski definition) is 3. The first-order chi connectivity index (χ1) is 8.50. The second-order valence-corrected chi connectivity index (χ2v) is 6.02. The lowest BCUT2D eigenvalue weighted by Crippen LogP contribution is -2.32. The van der Waals surface area contributed by atoms with Crippen molar-refractivity contribution in [2.45, 2.75) is 45.6 Å². The van der Waals surface area contributed by atoms with Crippen molar-refractivity contribution in [3.05, 3.63) is 23.8 Å². The summed E-state index contributed by atoms with van der Waals surface area (Å²) in [6.07, 6.45) is 4.88. The Balaban J connectivity index is 2.12. The maximum absolute atomic E-state index is 8.92. The molecule has 0 spiro atoms. The standard InChI is InChI=1S/C15H21N3/c1-15(2)7-3-4-12(9-15)18-14-8-11(10-16)5-6-13(14)17/h5-6,8,12,18H,3-4,7,9,17H2,1-2H3. The minimum Gasteiger partial charge on any atom is -0.397 e. The van der Waals surface area contributed by atoms with Gasteiger partial charge in [-0.1, -0.05) is 20.3 Å². The Morgan fingerprint density at radius 2 is 2.22 bits per heavy atom. The summed E-state index contributed by atoms with van der Waals surface area (Å²) in [5.41, 5.74) is 8.63. The van der Waals surface area contributed by atoms with Gasteiger partial charge in [0.05, 0.1) is 23.0 Å². The first-order valence-electron chi connectivity index (χ1n) is 6.56. The summed E-state index contributed by atoms with van der Waals surface area (Å²) >= 11 is 0. The molecule has 3 heteroatoms. The van der Waals surface area contributed by atoms with E-state index in [1.54, 1.807) is 12.1 Å². The highest BCUT2D eigenvalue weighted by molar-refractivity contribution is 5.68. The van der Waals surface area contributed by atoms with Crippen LogP contribution in [0.3, 0.4) is 0 Å². The van der Waals surface area contributed by atoms with Crippen molar-refractivity contribution in [3.63, 3.8) is 0 Å². The Labute approximate surface area is 109 Å². The summed E-state index contributed by atoms with van der Waals surface area (Å²) in [5, 5.41) is 12.4. The lowest BCUT2D eigenvalue weighted by molar-refractivity contribution is 0.229. The molecular weight excluding hydrogens is 222 g/mol. The van der Waals surface area contributed by atoms with Gasteiger partial charge < -0.3 is 11.1 Å². The largest absolute Gasteiger partial charge is 0.397 e. The lowest BCUT2D eigenvalue weighted by atomic mass is 9.75. The fourth-order valence-electron chi connectivity index (χ4n) is 2.79. The molecule has 96 valence electrons. The van der Waals surface area contributed by atoms with E-state index >= 15 is 0 Å². The van der Waals surface area contributed by atoms with Crippen molar-refractivity contribution >= 4 is 11.4 Å². The molecule has 0 saturated heterocycles. The monoisotopic (exact) mass is 243 g/mol. The summed E-state index contributed by atoms with van der Waals surface area (Å²) in [4.78, 5) is 0. The molecule has 3 N–H and O–H groups in total. The summed E-state index contributed by atoms with van der Waals surface area (Å²) in [6, 6.07) is 8.02. The maximum Gasteiger partial charge on any atom is 0.0992 e. The number of nitrogen functional groups attached to an aromatic ring is 1. The molecule has 1 atom stereocenters. The van der Waals surface area contributed by atoms with Gasteiger partial charge in [0.25, 0.3) is 0 Å². The van der Waals surface area contributed by atoms with E-state index in [1.807, 2.05) is 6.07 Å². The SMILES string of the molecule is CC1(C)CCCC(Nc2cc(C#N)ccc2N)C1. The third-order valence-corrected chi connectivity index (χ3v) is 3.75. The van der Waals surface area contributed by atoms with Crippen LogP contribution in [0.25, 0.3) is 0 Å². The van der Waals surface area contributed by atoms with Crippen LogP contribution >= 0.6 is 0 Å². The number of nitriles is 1. The van der Waals surface area contributed by atoms with Crippen LogP contribution in [0, 0.1) is 16.7 Å². The first-order valence-corrected chi connectivity index (χ1v) is 6.56. The molecule has 1 aliphatic rings. The van der Waals surface area contributed by atoms with E-state index in [9.17, 15) is 0 Å². The van der Waals surface area contributed by atoms with Crippen LogP contribution in [0.15, 0.2) is 18.2 Å². The molecule has 0 bridgehead atoms. The van der Waals surface area contributed by atoms with Gasteiger partial charge >= 0.3 is 0 Å². The summed E-state index contributed by atoms with van der Waals surface area (Å²) < 4.78 is 0. The highest BCUT2D eigenvalue weighted by Gasteiger charge is 2.28. The average molecular weight is 243 g/mol. The van der Waals surface area contributed by atoms with Crippen molar-refractivity contribution in [2.24, 2.45) is 5.41 Å². The van der Waals surface area contributed by atoms with Crippen LogP contribution in [0.2, 0.25) is 0 Å². The molecule has 1 aromatic carbocycles. The number of nitrogens with one attached hydrogen (secondary N) is 1. The zero-order valence-electron chi connectivity index (χ0n) is 11.2. The number of hydrogen-bond donors (Lipinski definition) is 2. The minimum atomic E-state index is 0.400. The van der Waals surface area contributed by atoms with Gasteiger partial charge in [0, 0.05) is 6.04 Å². The zero-order valence-corrected chi connectivity index (χ0v) is 11.2. The molecule has 0 amide bonds. The normalized spacial score (nSPS) is 22.2. The van der Waals surface area contributed by atoms with Gasteiger partial charge in [-0.05, 0) is 42.9 Å². The van der Waals surface area contributed by atoms with Crippen molar-refractivity contribution in [2.75, 3.05) is 11.1 Å². The Kier molecular flexibility index (Phi) is 3.47. The third kappa shape index (κ3) is 2.95. The fraction of sp³-hybridized carbons (Fsp3) is 0.533. The van der Waals surface area contributed by atoms with E-state index in [0.717, 1.165) is 17.8 Å². The lowest BCUT2D eigenvalue weighted by Gasteiger charge is -2.36. The molecule has 1 saturated carbocycles. The van der Waals surface area contributed by atoms with Gasteiger partial charge in [0.2, 0.25) is 0 Å². The smallest absolute Gasteiger partial charge is 0.0992 e. The Morgan fingerprint density at radius 3 is 2.89 bits per heavy atom. The molecule has 18 heavy (non-hydrogen) atoms. The predicted octanol–water partition coefficient (Wildman–Crippen LogP) is 3.52. The Morgan fingerprint density at radius 1 is 1.44 bits per heavy atom. The first kappa shape index (κ1) is 12.8. The van der Waals surface area contributed by atoms with Crippen LogP contribution in [-0.4, -0.2) is 6.04 Å². The van der Waals surface area contributed by atoms with Gasteiger partial charge in [0.15, 0.2) is 0 Å². The zero-order chi connectivity index (χ0) is 13.2. The van der Waals surface area contributed by atoms with Crippen molar-refractivity contribution in [1.29, 1.82) is 5.26 Å². The van der Waals surface area contributed by atoms with E-state index < -0.39 is 0 Å².